The molecule has 0 spiro atoms. The number of esters is 1. The van der Waals surface area contributed by atoms with Crippen molar-refractivity contribution < 1.29 is 19.0 Å². The highest BCUT2D eigenvalue weighted by Crippen LogP contribution is 2.38. The maximum Gasteiger partial charge on any atom is 0.338 e. The first-order valence-electron chi connectivity index (χ1n) is 13.4. The topological polar surface area (TPSA) is 79.1 Å². The van der Waals surface area contributed by atoms with Gasteiger partial charge in [-0.15, -0.1) is 0 Å². The van der Waals surface area contributed by atoms with Crippen LogP contribution in [0.4, 0.5) is 0 Å². The van der Waals surface area contributed by atoms with E-state index >= 15 is 0 Å². The van der Waals surface area contributed by atoms with Crippen molar-refractivity contribution >= 4 is 39.3 Å². The highest BCUT2D eigenvalue weighted by atomic mass is 79.9. The van der Waals surface area contributed by atoms with E-state index in [1.54, 1.807) is 25.7 Å². The molecule has 40 heavy (non-hydrogen) atoms. The Labute approximate surface area is 246 Å². The maximum absolute atomic E-state index is 14.2. The first-order valence-corrected chi connectivity index (χ1v) is 15.0. The fourth-order valence-electron chi connectivity index (χ4n) is 4.97. The number of nitrogens with zero attached hydrogens (tertiary/aromatic N) is 2. The van der Waals surface area contributed by atoms with Crippen molar-refractivity contribution in [1.82, 2.24) is 4.57 Å². The Hall–Kier alpha value is -3.17. The monoisotopic (exact) mass is 626 g/mol. The van der Waals surface area contributed by atoms with Crippen LogP contribution >= 0.6 is 27.3 Å². The highest BCUT2D eigenvalue weighted by Gasteiger charge is 2.36. The molecule has 1 aromatic heterocycles. The Morgan fingerprint density at radius 1 is 1.15 bits per heavy atom. The van der Waals surface area contributed by atoms with Crippen molar-refractivity contribution in [2.45, 2.75) is 59.4 Å². The summed E-state index contributed by atoms with van der Waals surface area (Å²) in [7, 11) is 3.25. The Morgan fingerprint density at radius 3 is 2.50 bits per heavy atom. The summed E-state index contributed by atoms with van der Waals surface area (Å²) >= 11 is 4.88. The van der Waals surface area contributed by atoms with E-state index < -0.39 is 12.0 Å². The number of allylic oxidation sites excluding steroid dienone is 1. The molecule has 212 valence electrons. The molecule has 0 saturated heterocycles. The number of fused-ring (bicyclic) bond motifs is 1. The molecule has 9 heteroatoms. The first kappa shape index (κ1) is 29.8. The minimum Gasteiger partial charge on any atom is -0.496 e. The predicted octanol–water partition coefficient (Wildman–Crippen LogP) is 5.79. The number of methoxy groups -OCH3 is 2. The number of carbonyl (C=O) groups excluding carboxylic acids is 1. The van der Waals surface area contributed by atoms with Crippen LogP contribution in [-0.2, 0) is 9.53 Å². The summed E-state index contributed by atoms with van der Waals surface area (Å²) < 4.78 is 19.8. The van der Waals surface area contributed by atoms with Crippen LogP contribution < -0.4 is 24.4 Å². The van der Waals surface area contributed by atoms with Crippen molar-refractivity contribution in [3.63, 3.8) is 0 Å². The number of ether oxygens (including phenoxy) is 3. The molecule has 0 saturated carbocycles. The number of benzene rings is 2. The number of aryl methyl sites for hydroxylation is 1. The molecule has 0 N–H and O–H groups in total. The average molecular weight is 628 g/mol. The number of hydrogen-bond donors (Lipinski definition) is 0. The second kappa shape index (κ2) is 12.6. The molecule has 1 atom stereocenters. The lowest BCUT2D eigenvalue weighted by Gasteiger charge is -2.27. The van der Waals surface area contributed by atoms with E-state index in [1.165, 1.54) is 11.3 Å². The molecule has 0 fully saturated rings. The van der Waals surface area contributed by atoms with Gasteiger partial charge >= 0.3 is 5.97 Å². The lowest BCUT2D eigenvalue weighted by atomic mass is 9.93. The Bertz CT molecular complexity index is 1650. The minimum atomic E-state index is -0.755. The van der Waals surface area contributed by atoms with E-state index in [4.69, 9.17) is 19.2 Å². The van der Waals surface area contributed by atoms with Gasteiger partial charge in [-0.25, -0.2) is 9.79 Å². The normalized spacial score (nSPS) is 15.2. The first-order chi connectivity index (χ1) is 19.1. The zero-order valence-corrected chi connectivity index (χ0v) is 26.4. The molecule has 1 aliphatic heterocycles. The number of halogens is 1. The van der Waals surface area contributed by atoms with Crippen LogP contribution in [0.15, 0.2) is 55.9 Å². The van der Waals surface area contributed by atoms with Gasteiger partial charge in [0, 0.05) is 10.0 Å². The fraction of sp³-hybridized carbons (Fsp3) is 0.387. The van der Waals surface area contributed by atoms with Gasteiger partial charge in [-0.1, -0.05) is 54.5 Å². The molecule has 7 nitrogen and oxygen atoms in total. The summed E-state index contributed by atoms with van der Waals surface area (Å²) in [6, 6.07) is 8.91. The summed E-state index contributed by atoms with van der Waals surface area (Å²) in [6.07, 6.45) is 3.26. The van der Waals surface area contributed by atoms with E-state index in [9.17, 15) is 9.59 Å². The standard InChI is InChI=1S/C31H35BrN2O5S/c1-8-10-23-27(30(36)39-9-2)28(22-16-20(32)11-12-24(22)37-6)34-29(35)26(40-31(34)33-23)15-19-14-21(17(3)4)25(38-7)13-18(19)5/h11-17,28H,8-10H2,1-7H3/b26-15-/t28-/m0/s1. The van der Waals surface area contributed by atoms with Crippen LogP contribution in [-0.4, -0.2) is 31.4 Å². The summed E-state index contributed by atoms with van der Waals surface area (Å²) in [5.41, 5.74) is 4.44. The molecule has 0 aliphatic carbocycles. The molecule has 0 radical (unpaired) electrons. The van der Waals surface area contributed by atoms with Crippen molar-refractivity contribution in [2.75, 3.05) is 20.8 Å². The molecule has 3 aromatic rings. The number of hydrogen-bond acceptors (Lipinski definition) is 7. The van der Waals surface area contributed by atoms with Gasteiger partial charge in [0.15, 0.2) is 4.80 Å². The van der Waals surface area contributed by atoms with E-state index in [2.05, 4.69) is 35.8 Å². The number of carbonyl (C=O) groups is 1. The zero-order valence-electron chi connectivity index (χ0n) is 24.0. The molecule has 4 rings (SSSR count). The van der Waals surface area contributed by atoms with Crippen molar-refractivity contribution in [3.8, 4) is 11.5 Å². The van der Waals surface area contributed by atoms with Gasteiger partial charge in [0.1, 0.15) is 17.5 Å². The largest absolute Gasteiger partial charge is 0.496 e. The number of aromatic nitrogens is 1. The van der Waals surface area contributed by atoms with Crippen LogP contribution in [0.1, 0.15) is 74.8 Å². The zero-order chi connectivity index (χ0) is 29.1. The smallest absolute Gasteiger partial charge is 0.338 e. The van der Waals surface area contributed by atoms with E-state index in [-0.39, 0.29) is 18.1 Å². The van der Waals surface area contributed by atoms with Crippen LogP contribution in [0.3, 0.4) is 0 Å². The lowest BCUT2D eigenvalue weighted by molar-refractivity contribution is -0.139. The molecule has 1 aliphatic rings. The molecule has 0 unspecified atom stereocenters. The summed E-state index contributed by atoms with van der Waals surface area (Å²) in [4.78, 5) is 33.0. The summed E-state index contributed by atoms with van der Waals surface area (Å²) in [5, 5.41) is 0. The average Bonchev–Trinajstić information content (AvgIpc) is 3.23. The Balaban J connectivity index is 2.05. The van der Waals surface area contributed by atoms with E-state index in [0.29, 0.717) is 38.3 Å². The second-order valence-corrected chi connectivity index (χ2v) is 11.8. The summed E-state index contributed by atoms with van der Waals surface area (Å²) in [6.45, 7) is 10.2. The molecule has 0 bridgehead atoms. The van der Waals surface area contributed by atoms with Gasteiger partial charge in [0.25, 0.3) is 5.56 Å². The number of thiazole rings is 1. The lowest BCUT2D eigenvalue weighted by Crippen LogP contribution is -2.40. The quantitative estimate of drug-likeness (QED) is 0.281. The molecule has 2 aromatic carbocycles. The molecular weight excluding hydrogens is 592 g/mol. The van der Waals surface area contributed by atoms with Gasteiger partial charge in [-0.05, 0) is 79.3 Å². The van der Waals surface area contributed by atoms with Gasteiger partial charge in [-0.3, -0.25) is 9.36 Å². The molecule has 2 heterocycles. The van der Waals surface area contributed by atoms with Gasteiger partial charge in [0.05, 0.1) is 36.6 Å². The van der Waals surface area contributed by atoms with Gasteiger partial charge in [0.2, 0.25) is 0 Å². The predicted molar refractivity (Wildman–Crippen MR) is 162 cm³/mol. The van der Waals surface area contributed by atoms with E-state index in [0.717, 1.165) is 33.3 Å². The SMILES string of the molecule is CCCC1=C(C(=O)OCC)[C@H](c2cc(Br)ccc2OC)n2c(s/c(=C\c3cc(C(C)C)c(OC)cc3C)c2=O)=N1. The third-order valence-electron chi connectivity index (χ3n) is 6.91. The summed E-state index contributed by atoms with van der Waals surface area (Å²) in [5.74, 6) is 1.16. The third-order valence-corrected chi connectivity index (χ3v) is 8.38. The van der Waals surface area contributed by atoms with E-state index in [1.807, 2.05) is 44.2 Å². The Kier molecular flexibility index (Phi) is 9.36. The van der Waals surface area contributed by atoms with Crippen molar-refractivity contribution in [3.05, 3.63) is 88.0 Å². The van der Waals surface area contributed by atoms with Gasteiger partial charge < -0.3 is 14.2 Å². The van der Waals surface area contributed by atoms with Gasteiger partial charge in [-0.2, -0.15) is 0 Å². The van der Waals surface area contributed by atoms with Crippen LogP contribution in [0.5, 0.6) is 11.5 Å². The van der Waals surface area contributed by atoms with Crippen molar-refractivity contribution in [2.24, 2.45) is 4.99 Å². The fourth-order valence-corrected chi connectivity index (χ4v) is 6.36. The molecule has 0 amide bonds. The Morgan fingerprint density at radius 2 is 1.88 bits per heavy atom. The minimum absolute atomic E-state index is 0.212. The van der Waals surface area contributed by atoms with Crippen molar-refractivity contribution in [1.29, 1.82) is 0 Å². The highest BCUT2D eigenvalue weighted by molar-refractivity contribution is 9.10. The third kappa shape index (κ3) is 5.67. The second-order valence-electron chi connectivity index (χ2n) is 9.91. The van der Waals surface area contributed by atoms with Crippen LogP contribution in [0, 0.1) is 6.92 Å². The molecular formula is C31H35BrN2O5S. The van der Waals surface area contributed by atoms with Crippen LogP contribution in [0.25, 0.3) is 6.08 Å². The maximum atomic E-state index is 14.2. The van der Waals surface area contributed by atoms with Crippen LogP contribution in [0.2, 0.25) is 0 Å². The number of rotatable bonds is 9.